The zero-order valence-corrected chi connectivity index (χ0v) is 11.8. The van der Waals surface area contributed by atoms with E-state index < -0.39 is 23.8 Å². The lowest BCUT2D eigenvalue weighted by molar-refractivity contribution is -0.143. The van der Waals surface area contributed by atoms with Crippen LogP contribution in [0.25, 0.3) is 6.08 Å². The molecule has 0 aliphatic carbocycles. The number of benzene rings is 2. The first-order valence-corrected chi connectivity index (χ1v) is 6.66. The minimum absolute atomic E-state index is 0.0445. The third-order valence-corrected chi connectivity index (χ3v) is 2.95. The Labute approximate surface area is 130 Å². The van der Waals surface area contributed by atoms with Gasteiger partial charge in [-0.1, -0.05) is 36.4 Å². The number of halogens is 3. The molecule has 0 aliphatic rings. The molecule has 3 nitrogen and oxygen atoms in total. The first kappa shape index (κ1) is 16.6. The third-order valence-electron chi connectivity index (χ3n) is 2.95. The SMILES string of the molecule is O=C(O)C(/C=C/c1ccccc1)Oc1ccc(C(F)(F)F)cc1. The van der Waals surface area contributed by atoms with Crippen LogP contribution >= 0.6 is 0 Å². The Bertz CT molecular complexity index is 676. The van der Waals surface area contributed by atoms with Gasteiger partial charge in [-0.2, -0.15) is 13.2 Å². The van der Waals surface area contributed by atoms with Crippen LogP contribution in [0.4, 0.5) is 13.2 Å². The molecule has 0 bridgehead atoms. The second-order valence-corrected chi connectivity index (χ2v) is 4.67. The zero-order valence-electron chi connectivity index (χ0n) is 11.8. The van der Waals surface area contributed by atoms with Gasteiger partial charge < -0.3 is 9.84 Å². The van der Waals surface area contributed by atoms with Crippen molar-refractivity contribution in [1.82, 2.24) is 0 Å². The Kier molecular flexibility index (Phi) is 5.05. The predicted molar refractivity (Wildman–Crippen MR) is 79.0 cm³/mol. The highest BCUT2D eigenvalue weighted by Crippen LogP contribution is 2.30. The van der Waals surface area contributed by atoms with Crippen molar-refractivity contribution < 1.29 is 27.8 Å². The molecule has 2 rings (SSSR count). The molecule has 23 heavy (non-hydrogen) atoms. The number of hydrogen-bond donors (Lipinski definition) is 1. The molecule has 0 saturated carbocycles. The van der Waals surface area contributed by atoms with E-state index in [2.05, 4.69) is 0 Å². The first-order chi connectivity index (χ1) is 10.9. The second-order valence-electron chi connectivity index (χ2n) is 4.67. The van der Waals surface area contributed by atoms with Crippen LogP contribution in [0.1, 0.15) is 11.1 Å². The van der Waals surface area contributed by atoms with Crippen molar-refractivity contribution in [2.75, 3.05) is 0 Å². The van der Waals surface area contributed by atoms with E-state index in [1.165, 1.54) is 6.08 Å². The molecular formula is C17H13F3O3. The van der Waals surface area contributed by atoms with Gasteiger partial charge in [0, 0.05) is 0 Å². The van der Waals surface area contributed by atoms with Crippen LogP contribution in [0.15, 0.2) is 60.7 Å². The number of hydrogen-bond acceptors (Lipinski definition) is 2. The molecule has 0 aromatic heterocycles. The molecular weight excluding hydrogens is 309 g/mol. The molecule has 120 valence electrons. The summed E-state index contributed by atoms with van der Waals surface area (Å²) in [6, 6.07) is 12.9. The lowest BCUT2D eigenvalue weighted by Gasteiger charge is -2.13. The van der Waals surface area contributed by atoms with Gasteiger partial charge in [-0.05, 0) is 35.9 Å². The molecule has 1 unspecified atom stereocenters. The van der Waals surface area contributed by atoms with E-state index in [4.69, 9.17) is 9.84 Å². The molecule has 1 N–H and O–H groups in total. The van der Waals surface area contributed by atoms with Crippen LogP contribution in [0.5, 0.6) is 5.75 Å². The molecule has 0 radical (unpaired) electrons. The van der Waals surface area contributed by atoms with Gasteiger partial charge in [-0.25, -0.2) is 4.79 Å². The van der Waals surface area contributed by atoms with Crippen molar-refractivity contribution in [2.24, 2.45) is 0 Å². The standard InChI is InChI=1S/C17H13F3O3/c18-17(19,20)13-7-9-14(10-8-13)23-15(16(21)22)11-6-12-4-2-1-3-5-12/h1-11,15H,(H,21,22)/b11-6+. The van der Waals surface area contributed by atoms with Crippen LogP contribution in [0.3, 0.4) is 0 Å². The van der Waals surface area contributed by atoms with Crippen LogP contribution in [-0.4, -0.2) is 17.2 Å². The number of carboxylic acid groups (broad SMARTS) is 1. The molecule has 2 aromatic rings. The molecule has 0 fully saturated rings. The van der Waals surface area contributed by atoms with E-state index in [-0.39, 0.29) is 5.75 Å². The van der Waals surface area contributed by atoms with Gasteiger partial charge in [0.05, 0.1) is 5.56 Å². The van der Waals surface area contributed by atoms with Crippen LogP contribution < -0.4 is 4.74 Å². The molecule has 6 heteroatoms. The fourth-order valence-electron chi connectivity index (χ4n) is 1.80. The summed E-state index contributed by atoms with van der Waals surface area (Å²) in [6.07, 6.45) is -2.84. The summed E-state index contributed by atoms with van der Waals surface area (Å²) in [6.45, 7) is 0. The minimum atomic E-state index is -4.45. The van der Waals surface area contributed by atoms with Gasteiger partial charge in [0.25, 0.3) is 0 Å². The number of carboxylic acids is 1. The predicted octanol–water partition coefficient (Wildman–Crippen LogP) is 4.25. The fourth-order valence-corrected chi connectivity index (χ4v) is 1.80. The Hall–Kier alpha value is -2.76. The summed E-state index contributed by atoms with van der Waals surface area (Å²) in [5, 5.41) is 9.14. The number of carbonyl (C=O) groups is 1. The Balaban J connectivity index is 2.11. The lowest BCUT2D eigenvalue weighted by Crippen LogP contribution is -2.24. The van der Waals surface area contributed by atoms with Crippen LogP contribution in [0, 0.1) is 0 Å². The van der Waals surface area contributed by atoms with E-state index in [9.17, 15) is 18.0 Å². The van der Waals surface area contributed by atoms with Gasteiger partial charge in [-0.15, -0.1) is 0 Å². The fraction of sp³-hybridized carbons (Fsp3) is 0.118. The van der Waals surface area contributed by atoms with E-state index in [0.717, 1.165) is 29.8 Å². The van der Waals surface area contributed by atoms with Crippen LogP contribution in [-0.2, 0) is 11.0 Å². The van der Waals surface area contributed by atoms with Crippen molar-refractivity contribution in [2.45, 2.75) is 12.3 Å². The highest BCUT2D eigenvalue weighted by Gasteiger charge is 2.30. The van der Waals surface area contributed by atoms with E-state index in [1.54, 1.807) is 30.3 Å². The zero-order chi connectivity index (χ0) is 16.9. The van der Waals surface area contributed by atoms with Crippen molar-refractivity contribution in [3.8, 4) is 5.75 Å². The number of aliphatic carboxylic acids is 1. The molecule has 0 aliphatic heterocycles. The van der Waals surface area contributed by atoms with Gasteiger partial charge in [0.2, 0.25) is 6.10 Å². The van der Waals surface area contributed by atoms with Gasteiger partial charge in [0.1, 0.15) is 5.75 Å². The Morgan fingerprint density at radius 1 is 1.04 bits per heavy atom. The maximum atomic E-state index is 12.5. The molecule has 0 amide bonds. The summed E-state index contributed by atoms with van der Waals surface area (Å²) in [7, 11) is 0. The quantitative estimate of drug-likeness (QED) is 0.895. The first-order valence-electron chi connectivity index (χ1n) is 6.66. The number of alkyl halides is 3. The van der Waals surface area contributed by atoms with E-state index >= 15 is 0 Å². The smallest absolute Gasteiger partial charge is 0.416 e. The molecule has 0 heterocycles. The van der Waals surface area contributed by atoms with E-state index in [1.807, 2.05) is 6.07 Å². The molecule has 0 saturated heterocycles. The van der Waals surface area contributed by atoms with Gasteiger partial charge in [0.15, 0.2) is 0 Å². The highest BCUT2D eigenvalue weighted by molar-refractivity contribution is 5.76. The van der Waals surface area contributed by atoms with Crippen LogP contribution in [0.2, 0.25) is 0 Å². The van der Waals surface area contributed by atoms with Crippen molar-refractivity contribution >= 4 is 12.0 Å². The largest absolute Gasteiger partial charge is 0.478 e. The Morgan fingerprint density at radius 3 is 2.17 bits per heavy atom. The highest BCUT2D eigenvalue weighted by atomic mass is 19.4. The summed E-state index contributed by atoms with van der Waals surface area (Å²) >= 11 is 0. The summed E-state index contributed by atoms with van der Waals surface area (Å²) in [5.74, 6) is -1.19. The van der Waals surface area contributed by atoms with Gasteiger partial charge in [-0.3, -0.25) is 0 Å². The summed E-state index contributed by atoms with van der Waals surface area (Å²) < 4.78 is 42.6. The van der Waals surface area contributed by atoms with E-state index in [0.29, 0.717) is 0 Å². The topological polar surface area (TPSA) is 46.5 Å². The number of rotatable bonds is 5. The monoisotopic (exact) mass is 322 g/mol. The summed E-state index contributed by atoms with van der Waals surface area (Å²) in [5.41, 5.74) is -0.0358. The minimum Gasteiger partial charge on any atom is -0.478 e. The van der Waals surface area contributed by atoms with Crippen molar-refractivity contribution in [1.29, 1.82) is 0 Å². The maximum absolute atomic E-state index is 12.5. The average molecular weight is 322 g/mol. The molecule has 0 spiro atoms. The third kappa shape index (κ3) is 4.88. The summed E-state index contributed by atoms with van der Waals surface area (Å²) in [4.78, 5) is 11.2. The van der Waals surface area contributed by atoms with Crippen molar-refractivity contribution in [3.05, 3.63) is 71.8 Å². The normalized spacial score (nSPS) is 13.0. The van der Waals surface area contributed by atoms with Crippen molar-refractivity contribution in [3.63, 3.8) is 0 Å². The van der Waals surface area contributed by atoms with Gasteiger partial charge >= 0.3 is 12.1 Å². The molecule has 2 aromatic carbocycles. The Morgan fingerprint density at radius 2 is 1.65 bits per heavy atom. The number of ether oxygens (including phenoxy) is 1. The molecule has 1 atom stereocenters. The lowest BCUT2D eigenvalue weighted by atomic mass is 10.2. The average Bonchev–Trinajstić information content (AvgIpc) is 2.51. The maximum Gasteiger partial charge on any atom is 0.416 e. The second kappa shape index (κ2) is 7.00.